The number of anilines is 1. The third-order valence-electron chi connectivity index (χ3n) is 3.43. The molecule has 0 aliphatic carbocycles. The van der Waals surface area contributed by atoms with Crippen LogP contribution in [0, 0.1) is 5.92 Å². The maximum Gasteiger partial charge on any atom is 0.171 e. The fourth-order valence-electron chi connectivity index (χ4n) is 2.45. The van der Waals surface area contributed by atoms with Crippen molar-refractivity contribution in [1.29, 1.82) is 0 Å². The smallest absolute Gasteiger partial charge is 0.171 e. The minimum atomic E-state index is 0.176. The Labute approximate surface area is 118 Å². The number of rotatable bonds is 4. The van der Waals surface area contributed by atoms with Crippen molar-refractivity contribution in [1.82, 2.24) is 4.98 Å². The Morgan fingerprint density at radius 3 is 3.00 bits per heavy atom. The average molecular weight is 313 g/mol. The second-order valence-corrected chi connectivity index (χ2v) is 5.82. The molecule has 0 bridgehead atoms. The first-order valence-corrected chi connectivity index (χ1v) is 7.70. The zero-order valence-electron chi connectivity index (χ0n) is 11.3. The second-order valence-electron chi connectivity index (χ2n) is 5.17. The zero-order valence-corrected chi connectivity index (χ0v) is 12.9. The number of nitrogens with zero attached hydrogens (tertiary/aromatic N) is 2. The third-order valence-corrected chi connectivity index (χ3v) is 4.09. The Bertz CT molecular complexity index is 397. The van der Waals surface area contributed by atoms with Crippen LogP contribution in [0.4, 0.5) is 5.82 Å². The molecule has 18 heavy (non-hydrogen) atoms. The molecule has 1 aliphatic heterocycles. The van der Waals surface area contributed by atoms with E-state index in [-0.39, 0.29) is 6.10 Å². The minimum Gasteiger partial charge on any atom is -0.487 e. The molecule has 2 heterocycles. The van der Waals surface area contributed by atoms with Gasteiger partial charge in [0.15, 0.2) is 11.6 Å². The second kappa shape index (κ2) is 5.91. The van der Waals surface area contributed by atoms with Crippen LogP contribution in [-0.2, 0) is 0 Å². The van der Waals surface area contributed by atoms with Crippen molar-refractivity contribution < 1.29 is 4.74 Å². The van der Waals surface area contributed by atoms with Gasteiger partial charge in [-0.15, -0.1) is 0 Å². The molecule has 1 fully saturated rings. The molecular formula is C14H21BrN2O. The molecule has 1 aliphatic rings. The van der Waals surface area contributed by atoms with Crippen LogP contribution in [0.3, 0.4) is 0 Å². The number of ether oxygens (including phenoxy) is 1. The highest BCUT2D eigenvalue weighted by Crippen LogP contribution is 2.35. The number of hydrogen-bond acceptors (Lipinski definition) is 3. The van der Waals surface area contributed by atoms with E-state index in [2.05, 4.69) is 32.7 Å². The Kier molecular flexibility index (Phi) is 4.49. The largest absolute Gasteiger partial charge is 0.487 e. The molecule has 0 aromatic carbocycles. The summed E-state index contributed by atoms with van der Waals surface area (Å²) in [5.74, 6) is 2.57. The molecule has 1 aromatic rings. The Balaban J connectivity index is 2.27. The van der Waals surface area contributed by atoms with Crippen LogP contribution < -0.4 is 9.64 Å². The lowest BCUT2D eigenvalue weighted by molar-refractivity contribution is 0.242. The van der Waals surface area contributed by atoms with Crippen LogP contribution in [0.1, 0.15) is 27.2 Å². The fraction of sp³-hybridized carbons (Fsp3) is 0.643. The molecule has 0 amide bonds. The van der Waals surface area contributed by atoms with Crippen molar-refractivity contribution in [3.05, 3.63) is 18.3 Å². The molecule has 1 saturated heterocycles. The van der Waals surface area contributed by atoms with Gasteiger partial charge in [0.2, 0.25) is 0 Å². The number of halogens is 1. The summed E-state index contributed by atoms with van der Waals surface area (Å²) >= 11 is 3.62. The monoisotopic (exact) mass is 312 g/mol. The van der Waals surface area contributed by atoms with E-state index in [0.29, 0.717) is 12.0 Å². The van der Waals surface area contributed by atoms with Gasteiger partial charge in [0.25, 0.3) is 0 Å². The fourth-order valence-corrected chi connectivity index (χ4v) is 3.44. The van der Waals surface area contributed by atoms with E-state index in [4.69, 9.17) is 4.74 Å². The lowest BCUT2D eigenvalue weighted by atomic mass is 10.1. The van der Waals surface area contributed by atoms with Crippen LogP contribution in [0.5, 0.6) is 5.75 Å². The normalized spacial score (nSPS) is 23.7. The van der Waals surface area contributed by atoms with Crippen LogP contribution >= 0.6 is 15.9 Å². The maximum absolute atomic E-state index is 5.87. The summed E-state index contributed by atoms with van der Waals surface area (Å²) in [6.45, 7) is 7.46. The Morgan fingerprint density at radius 2 is 2.33 bits per heavy atom. The lowest BCUT2D eigenvalue weighted by Crippen LogP contribution is -2.34. The summed E-state index contributed by atoms with van der Waals surface area (Å²) in [4.78, 5) is 6.90. The van der Waals surface area contributed by atoms with E-state index in [1.165, 1.54) is 6.42 Å². The van der Waals surface area contributed by atoms with E-state index in [1.54, 1.807) is 0 Å². The van der Waals surface area contributed by atoms with Crippen molar-refractivity contribution in [2.75, 3.05) is 16.8 Å². The average Bonchev–Trinajstić information content (AvgIpc) is 2.70. The van der Waals surface area contributed by atoms with Crippen LogP contribution in [0.15, 0.2) is 18.3 Å². The highest BCUT2D eigenvalue weighted by atomic mass is 79.9. The minimum absolute atomic E-state index is 0.176. The highest BCUT2D eigenvalue weighted by molar-refractivity contribution is 9.09. The summed E-state index contributed by atoms with van der Waals surface area (Å²) in [5.41, 5.74) is 0. The molecule has 0 radical (unpaired) electrons. The van der Waals surface area contributed by atoms with Gasteiger partial charge in [0, 0.05) is 24.1 Å². The van der Waals surface area contributed by atoms with Crippen LogP contribution in [-0.4, -0.2) is 29.0 Å². The molecule has 2 unspecified atom stereocenters. The summed E-state index contributed by atoms with van der Waals surface area (Å²) < 4.78 is 5.87. The molecule has 0 N–H and O–H groups in total. The van der Waals surface area contributed by atoms with Gasteiger partial charge in [0.1, 0.15) is 0 Å². The van der Waals surface area contributed by atoms with Gasteiger partial charge in [-0.25, -0.2) is 4.98 Å². The van der Waals surface area contributed by atoms with Crippen LogP contribution in [0.2, 0.25) is 0 Å². The Hall–Kier alpha value is -0.770. The highest BCUT2D eigenvalue weighted by Gasteiger charge is 2.32. The topological polar surface area (TPSA) is 25.4 Å². The van der Waals surface area contributed by atoms with Gasteiger partial charge in [-0.05, 0) is 38.3 Å². The van der Waals surface area contributed by atoms with Crippen molar-refractivity contribution >= 4 is 21.7 Å². The van der Waals surface area contributed by atoms with E-state index < -0.39 is 0 Å². The standard InChI is InChI=1S/C14H21BrN2O/c1-10(2)18-13-5-4-7-16-14(13)17-8-6-11(3)12(17)9-15/h4-5,7,10-12H,6,8-9H2,1-3H3. The maximum atomic E-state index is 5.87. The quantitative estimate of drug-likeness (QED) is 0.796. The first kappa shape index (κ1) is 13.7. The molecule has 0 saturated carbocycles. The van der Waals surface area contributed by atoms with E-state index in [1.807, 2.05) is 32.2 Å². The van der Waals surface area contributed by atoms with Gasteiger partial charge in [-0.2, -0.15) is 0 Å². The zero-order chi connectivity index (χ0) is 13.1. The van der Waals surface area contributed by atoms with Crippen molar-refractivity contribution in [3.63, 3.8) is 0 Å². The SMILES string of the molecule is CC(C)Oc1cccnc1N1CCC(C)C1CBr. The number of aromatic nitrogens is 1. The van der Waals surface area contributed by atoms with E-state index >= 15 is 0 Å². The molecular weight excluding hydrogens is 292 g/mol. The summed E-state index contributed by atoms with van der Waals surface area (Å²) in [6.07, 6.45) is 3.24. The van der Waals surface area contributed by atoms with Gasteiger partial charge in [-0.1, -0.05) is 22.9 Å². The molecule has 4 heteroatoms. The first-order chi connectivity index (χ1) is 8.63. The number of alkyl halides is 1. The first-order valence-electron chi connectivity index (χ1n) is 6.57. The summed E-state index contributed by atoms with van der Waals surface area (Å²) in [7, 11) is 0. The van der Waals surface area contributed by atoms with Crippen LogP contribution in [0.25, 0.3) is 0 Å². The van der Waals surface area contributed by atoms with Crippen molar-refractivity contribution in [3.8, 4) is 5.75 Å². The van der Waals surface area contributed by atoms with Gasteiger partial charge in [-0.3, -0.25) is 0 Å². The lowest BCUT2D eigenvalue weighted by Gasteiger charge is -2.28. The molecule has 2 rings (SSSR count). The number of pyridine rings is 1. The van der Waals surface area contributed by atoms with Gasteiger partial charge in [0.05, 0.1) is 6.10 Å². The predicted molar refractivity (Wildman–Crippen MR) is 78.7 cm³/mol. The molecule has 3 nitrogen and oxygen atoms in total. The number of hydrogen-bond donors (Lipinski definition) is 0. The molecule has 2 atom stereocenters. The third kappa shape index (κ3) is 2.79. The molecule has 100 valence electrons. The summed E-state index contributed by atoms with van der Waals surface area (Å²) in [6, 6.07) is 4.45. The van der Waals surface area contributed by atoms with Gasteiger partial charge < -0.3 is 9.64 Å². The summed E-state index contributed by atoms with van der Waals surface area (Å²) in [5, 5.41) is 0.978. The Morgan fingerprint density at radius 1 is 1.56 bits per heavy atom. The van der Waals surface area contributed by atoms with E-state index in [0.717, 1.165) is 23.4 Å². The van der Waals surface area contributed by atoms with Gasteiger partial charge >= 0.3 is 0 Å². The van der Waals surface area contributed by atoms with Crippen molar-refractivity contribution in [2.45, 2.75) is 39.3 Å². The predicted octanol–water partition coefficient (Wildman–Crippen LogP) is 3.48. The van der Waals surface area contributed by atoms with Crippen molar-refractivity contribution in [2.24, 2.45) is 5.92 Å². The molecule has 0 spiro atoms. The molecule has 1 aromatic heterocycles. The van der Waals surface area contributed by atoms with E-state index in [9.17, 15) is 0 Å².